The fraction of sp³-hybridized carbons (Fsp3) is 0.130. The van der Waals surface area contributed by atoms with Gasteiger partial charge in [0.05, 0.1) is 11.1 Å². The van der Waals surface area contributed by atoms with Gasteiger partial charge in [0.1, 0.15) is 18.1 Å². The third kappa shape index (κ3) is 3.06. The zero-order valence-corrected chi connectivity index (χ0v) is 15.2. The molecule has 3 heterocycles. The van der Waals surface area contributed by atoms with Crippen LogP contribution in [0.2, 0.25) is 0 Å². The average molecular weight is 370 g/mol. The molecule has 0 fully saturated rings. The largest absolute Gasteiger partial charge is 0.478 e. The highest BCUT2D eigenvalue weighted by Crippen LogP contribution is 2.33. The second kappa shape index (κ2) is 6.94. The summed E-state index contributed by atoms with van der Waals surface area (Å²) in [5.74, 6) is 0.769. The molecule has 0 aliphatic carbocycles. The minimum Gasteiger partial charge on any atom is -0.478 e. The maximum absolute atomic E-state index is 12.7. The molecule has 28 heavy (non-hydrogen) atoms. The van der Waals surface area contributed by atoms with Crippen LogP contribution in [0.5, 0.6) is 5.75 Å². The lowest BCUT2D eigenvalue weighted by Crippen LogP contribution is -2.31. The van der Waals surface area contributed by atoms with Gasteiger partial charge in [0.15, 0.2) is 0 Å². The van der Waals surface area contributed by atoms with Gasteiger partial charge in [-0.2, -0.15) is 0 Å². The van der Waals surface area contributed by atoms with Crippen LogP contribution in [0.1, 0.15) is 11.1 Å². The highest BCUT2D eigenvalue weighted by molar-refractivity contribution is 5.86. The normalized spacial score (nSPS) is 13.9. The molecule has 138 valence electrons. The Morgan fingerprint density at radius 1 is 1.04 bits per heavy atom. The van der Waals surface area contributed by atoms with Crippen LogP contribution in [-0.4, -0.2) is 16.6 Å². The highest BCUT2D eigenvalue weighted by Gasteiger charge is 2.22. The maximum Gasteiger partial charge on any atom is 0.344 e. The number of fused-ring (bicyclic) bond motifs is 3. The number of hydrogen-bond acceptors (Lipinski definition) is 5. The summed E-state index contributed by atoms with van der Waals surface area (Å²) in [6.07, 6.45) is 3.61. The monoisotopic (exact) mass is 370 g/mol. The van der Waals surface area contributed by atoms with E-state index in [4.69, 9.17) is 9.15 Å². The van der Waals surface area contributed by atoms with E-state index in [1.807, 2.05) is 66.9 Å². The van der Waals surface area contributed by atoms with Gasteiger partial charge in [0.2, 0.25) is 0 Å². The molecule has 4 aromatic rings. The van der Waals surface area contributed by atoms with E-state index >= 15 is 0 Å². The van der Waals surface area contributed by atoms with E-state index in [1.165, 1.54) is 0 Å². The number of benzene rings is 2. The number of nitrogens with zero attached hydrogens (tertiary/aromatic N) is 2. The van der Waals surface area contributed by atoms with Crippen LogP contribution in [0, 0.1) is 0 Å². The molecule has 0 saturated carbocycles. The Balaban J connectivity index is 1.54. The lowest BCUT2D eigenvalue weighted by molar-refractivity contribution is 0.0889. The van der Waals surface area contributed by atoms with Gasteiger partial charge in [-0.05, 0) is 35.4 Å². The van der Waals surface area contributed by atoms with Crippen molar-refractivity contribution in [2.75, 3.05) is 6.73 Å². The van der Waals surface area contributed by atoms with Crippen molar-refractivity contribution in [1.82, 2.24) is 9.88 Å². The van der Waals surface area contributed by atoms with Gasteiger partial charge in [0, 0.05) is 30.9 Å². The van der Waals surface area contributed by atoms with Crippen LogP contribution < -0.4 is 10.4 Å². The first kappa shape index (κ1) is 16.7. The first-order valence-corrected chi connectivity index (χ1v) is 9.17. The summed E-state index contributed by atoms with van der Waals surface area (Å²) in [6.45, 7) is 1.85. The van der Waals surface area contributed by atoms with Gasteiger partial charge >= 0.3 is 5.63 Å². The predicted molar refractivity (Wildman–Crippen MR) is 107 cm³/mol. The van der Waals surface area contributed by atoms with Gasteiger partial charge in [-0.15, -0.1) is 0 Å². The quantitative estimate of drug-likeness (QED) is 0.506. The van der Waals surface area contributed by atoms with Crippen molar-refractivity contribution in [2.24, 2.45) is 0 Å². The molecule has 0 atom stereocenters. The molecule has 0 unspecified atom stereocenters. The van der Waals surface area contributed by atoms with E-state index in [0.717, 1.165) is 34.4 Å². The van der Waals surface area contributed by atoms with Crippen LogP contribution in [0.15, 0.2) is 82.3 Å². The molecule has 2 aromatic heterocycles. The van der Waals surface area contributed by atoms with Crippen molar-refractivity contribution in [3.63, 3.8) is 0 Å². The van der Waals surface area contributed by atoms with Crippen LogP contribution in [0.4, 0.5) is 0 Å². The van der Waals surface area contributed by atoms with Crippen molar-refractivity contribution in [3.05, 3.63) is 94.6 Å². The summed E-state index contributed by atoms with van der Waals surface area (Å²) in [5, 5.41) is 0.893. The Kier molecular flexibility index (Phi) is 4.14. The molecule has 1 aliphatic rings. The number of hydrogen-bond donors (Lipinski definition) is 0. The Bertz CT molecular complexity index is 1190. The fourth-order valence-electron chi connectivity index (χ4n) is 3.61. The predicted octanol–water partition coefficient (Wildman–Crippen LogP) is 4.21. The van der Waals surface area contributed by atoms with E-state index in [9.17, 15) is 4.79 Å². The summed E-state index contributed by atoms with van der Waals surface area (Å²) in [6, 6.07) is 19.3. The molecule has 1 aliphatic heterocycles. The second-order valence-electron chi connectivity index (χ2n) is 6.90. The Morgan fingerprint density at radius 3 is 2.75 bits per heavy atom. The van der Waals surface area contributed by atoms with Crippen LogP contribution >= 0.6 is 0 Å². The summed E-state index contributed by atoms with van der Waals surface area (Å²) in [7, 11) is 0. The minimum atomic E-state index is -0.337. The molecule has 0 amide bonds. The van der Waals surface area contributed by atoms with Gasteiger partial charge in [-0.1, -0.05) is 36.4 Å². The lowest BCUT2D eigenvalue weighted by atomic mass is 10.0. The highest BCUT2D eigenvalue weighted by atomic mass is 16.5. The lowest BCUT2D eigenvalue weighted by Gasteiger charge is -2.29. The summed E-state index contributed by atoms with van der Waals surface area (Å²) in [4.78, 5) is 19.0. The number of aromatic nitrogens is 1. The molecule has 0 spiro atoms. The number of rotatable bonds is 3. The summed E-state index contributed by atoms with van der Waals surface area (Å²) < 4.78 is 11.7. The minimum absolute atomic E-state index is 0.337. The van der Waals surface area contributed by atoms with Gasteiger partial charge in [-0.25, -0.2) is 4.79 Å². The Morgan fingerprint density at radius 2 is 1.93 bits per heavy atom. The van der Waals surface area contributed by atoms with Crippen LogP contribution in [-0.2, 0) is 13.1 Å². The van der Waals surface area contributed by atoms with Crippen LogP contribution in [0.25, 0.3) is 22.1 Å². The number of pyridine rings is 1. The van der Waals surface area contributed by atoms with Crippen molar-refractivity contribution in [2.45, 2.75) is 13.1 Å². The van der Waals surface area contributed by atoms with Crippen molar-refractivity contribution in [3.8, 4) is 16.9 Å². The van der Waals surface area contributed by atoms with Gasteiger partial charge < -0.3 is 9.15 Å². The molecular formula is C23H18N2O3. The third-order valence-corrected chi connectivity index (χ3v) is 4.96. The molecule has 5 nitrogen and oxygen atoms in total. The molecule has 0 saturated heterocycles. The van der Waals surface area contributed by atoms with E-state index in [0.29, 0.717) is 24.4 Å². The van der Waals surface area contributed by atoms with Crippen molar-refractivity contribution >= 4 is 11.0 Å². The molecule has 0 N–H and O–H groups in total. The van der Waals surface area contributed by atoms with Gasteiger partial charge in [0.25, 0.3) is 0 Å². The SMILES string of the molecule is O=c1oc2c3c(ccc2cc1-c1ccccc1)OCN(Cc1cccnc1)C3. The Labute approximate surface area is 161 Å². The van der Waals surface area contributed by atoms with E-state index in [-0.39, 0.29) is 5.63 Å². The van der Waals surface area contributed by atoms with Crippen LogP contribution in [0.3, 0.4) is 0 Å². The molecular weight excluding hydrogens is 352 g/mol. The smallest absolute Gasteiger partial charge is 0.344 e. The van der Waals surface area contributed by atoms with E-state index < -0.39 is 0 Å². The second-order valence-corrected chi connectivity index (χ2v) is 6.90. The molecule has 2 aromatic carbocycles. The third-order valence-electron chi connectivity index (χ3n) is 4.96. The van der Waals surface area contributed by atoms with Crippen molar-refractivity contribution in [1.29, 1.82) is 0 Å². The zero-order chi connectivity index (χ0) is 18.9. The standard InChI is InChI=1S/C23H18N2O3/c26-23-19(17-6-2-1-3-7-17)11-18-8-9-21-20(22(18)28-23)14-25(15-27-21)13-16-5-4-10-24-12-16/h1-12H,13-15H2. The summed E-state index contributed by atoms with van der Waals surface area (Å²) >= 11 is 0. The maximum atomic E-state index is 12.7. The molecule has 0 bridgehead atoms. The first-order valence-electron chi connectivity index (χ1n) is 9.17. The van der Waals surface area contributed by atoms with E-state index in [2.05, 4.69) is 9.88 Å². The molecule has 5 rings (SSSR count). The average Bonchev–Trinajstić information content (AvgIpc) is 2.75. The fourth-order valence-corrected chi connectivity index (χ4v) is 3.61. The molecule has 0 radical (unpaired) electrons. The number of ether oxygens (including phenoxy) is 1. The first-order chi connectivity index (χ1) is 13.8. The molecule has 5 heteroatoms. The Hall–Kier alpha value is -3.44. The zero-order valence-electron chi connectivity index (χ0n) is 15.2. The topological polar surface area (TPSA) is 55.6 Å². The summed E-state index contributed by atoms with van der Waals surface area (Å²) in [5.41, 5.74) is 3.70. The van der Waals surface area contributed by atoms with Gasteiger partial charge in [-0.3, -0.25) is 9.88 Å². The van der Waals surface area contributed by atoms with Crippen molar-refractivity contribution < 1.29 is 9.15 Å². The van der Waals surface area contributed by atoms with E-state index in [1.54, 1.807) is 6.20 Å².